The number of ether oxygens (including phenoxy) is 2. The highest BCUT2D eigenvalue weighted by Crippen LogP contribution is 2.30. The number of methoxy groups -OCH3 is 2. The maximum atomic E-state index is 13.2. The van der Waals surface area contributed by atoms with Crippen LogP contribution in [0.3, 0.4) is 0 Å². The molecule has 0 radical (unpaired) electrons. The Morgan fingerprint density at radius 2 is 2.00 bits per heavy atom. The van der Waals surface area contributed by atoms with Gasteiger partial charge in [0.05, 0.1) is 19.8 Å². The quantitative estimate of drug-likeness (QED) is 0.388. The average Bonchev–Trinajstić information content (AvgIpc) is 2.45. The monoisotopic (exact) mass is 280 g/mol. The summed E-state index contributed by atoms with van der Waals surface area (Å²) in [5, 5.41) is 0. The highest BCUT2D eigenvalue weighted by molar-refractivity contribution is 5.93. The lowest BCUT2D eigenvalue weighted by Gasteiger charge is -2.12. The van der Waals surface area contributed by atoms with Gasteiger partial charge in [0, 0.05) is 6.07 Å². The number of unbranched alkanes of at least 4 members (excludes halogenated alkanes) is 3. The molecule has 1 aromatic rings. The van der Waals surface area contributed by atoms with Crippen molar-refractivity contribution in [3.63, 3.8) is 0 Å². The second kappa shape index (κ2) is 8.35. The van der Waals surface area contributed by atoms with E-state index in [1.165, 1.54) is 20.3 Å². The third-order valence-electron chi connectivity index (χ3n) is 3.16. The summed E-state index contributed by atoms with van der Waals surface area (Å²) in [4.78, 5) is 11.2. The van der Waals surface area contributed by atoms with Gasteiger partial charge in [0.2, 0.25) is 0 Å². The molecule has 110 valence electrons. The van der Waals surface area contributed by atoms with E-state index in [0.29, 0.717) is 17.7 Å². The third kappa shape index (κ3) is 4.37. The van der Waals surface area contributed by atoms with Crippen LogP contribution in [0.4, 0.5) is 4.39 Å². The van der Waals surface area contributed by atoms with Gasteiger partial charge in [0.1, 0.15) is 11.5 Å². The molecule has 0 amide bonds. The van der Waals surface area contributed by atoms with Gasteiger partial charge in [-0.25, -0.2) is 0 Å². The molecule has 0 unspecified atom stereocenters. The van der Waals surface area contributed by atoms with E-state index in [0.717, 1.165) is 25.7 Å². The van der Waals surface area contributed by atoms with E-state index < -0.39 is 6.04 Å². The van der Waals surface area contributed by atoms with Crippen molar-refractivity contribution >= 4 is 6.04 Å². The zero-order valence-electron chi connectivity index (χ0n) is 12.1. The van der Waals surface area contributed by atoms with Crippen molar-refractivity contribution in [1.82, 2.24) is 0 Å². The maximum absolute atomic E-state index is 13.2. The first kappa shape index (κ1) is 16.2. The largest absolute Gasteiger partial charge is 0.497 e. The topological polar surface area (TPSA) is 35.5 Å². The van der Waals surface area contributed by atoms with Crippen LogP contribution >= 0.6 is 0 Å². The number of aryl methyl sites for hydroxylation is 1. The molecule has 3 nitrogen and oxygen atoms in total. The smallest absolute Gasteiger partial charge is 0.336 e. The SMILES string of the molecule is C=CCCCCCc1cc(OC)cc(OC)c1C(=O)F. The van der Waals surface area contributed by atoms with Gasteiger partial charge in [-0.05, 0) is 37.3 Å². The minimum atomic E-state index is -1.47. The highest BCUT2D eigenvalue weighted by Gasteiger charge is 2.18. The molecule has 0 heterocycles. The number of carbonyl (C=O) groups is 1. The lowest BCUT2D eigenvalue weighted by atomic mass is 9.99. The Kier molecular flexibility index (Phi) is 6.77. The number of carbonyl (C=O) groups excluding carboxylic acids is 1. The maximum Gasteiger partial charge on any atom is 0.336 e. The molecule has 1 aromatic carbocycles. The molecule has 0 bridgehead atoms. The van der Waals surface area contributed by atoms with E-state index in [4.69, 9.17) is 9.47 Å². The van der Waals surface area contributed by atoms with E-state index in [9.17, 15) is 9.18 Å². The Labute approximate surface area is 119 Å². The van der Waals surface area contributed by atoms with Gasteiger partial charge < -0.3 is 9.47 Å². The van der Waals surface area contributed by atoms with Crippen molar-refractivity contribution in [3.8, 4) is 11.5 Å². The Morgan fingerprint density at radius 3 is 2.55 bits per heavy atom. The first-order valence-electron chi connectivity index (χ1n) is 6.69. The van der Waals surface area contributed by atoms with E-state index in [1.807, 2.05) is 6.08 Å². The average molecular weight is 280 g/mol. The fourth-order valence-corrected chi connectivity index (χ4v) is 2.13. The summed E-state index contributed by atoms with van der Waals surface area (Å²) in [5.41, 5.74) is 0.643. The minimum absolute atomic E-state index is 0.0111. The van der Waals surface area contributed by atoms with Crippen LogP contribution in [0.25, 0.3) is 0 Å². The summed E-state index contributed by atoms with van der Waals surface area (Å²) in [6.07, 6.45) is 6.40. The van der Waals surface area contributed by atoms with Crippen LogP contribution in [-0.4, -0.2) is 20.3 Å². The number of hydrogen-bond acceptors (Lipinski definition) is 3. The minimum Gasteiger partial charge on any atom is -0.497 e. The number of rotatable bonds is 9. The second-order valence-corrected chi connectivity index (χ2v) is 4.53. The van der Waals surface area contributed by atoms with Crippen molar-refractivity contribution in [2.75, 3.05) is 14.2 Å². The molecule has 0 spiro atoms. The molecule has 4 heteroatoms. The molecule has 0 aliphatic rings. The van der Waals surface area contributed by atoms with Crippen molar-refractivity contribution in [2.24, 2.45) is 0 Å². The van der Waals surface area contributed by atoms with Gasteiger partial charge in [-0.2, -0.15) is 4.39 Å². The lowest BCUT2D eigenvalue weighted by Crippen LogP contribution is -2.04. The lowest BCUT2D eigenvalue weighted by molar-refractivity contribution is 0.0831. The molecule has 0 atom stereocenters. The Balaban J connectivity index is 2.90. The zero-order valence-corrected chi connectivity index (χ0v) is 12.1. The summed E-state index contributed by atoms with van der Waals surface area (Å²) in [5.74, 6) is 0.783. The number of allylic oxidation sites excluding steroid dienone is 1. The summed E-state index contributed by atoms with van der Waals surface area (Å²) in [7, 11) is 2.94. The van der Waals surface area contributed by atoms with Crippen LogP contribution in [0.1, 0.15) is 41.6 Å². The summed E-state index contributed by atoms with van der Waals surface area (Å²) in [6.45, 7) is 3.67. The Morgan fingerprint density at radius 1 is 1.25 bits per heavy atom. The first-order chi connectivity index (χ1) is 9.63. The highest BCUT2D eigenvalue weighted by atomic mass is 19.1. The van der Waals surface area contributed by atoms with Crippen molar-refractivity contribution in [3.05, 3.63) is 35.9 Å². The van der Waals surface area contributed by atoms with Gasteiger partial charge in [-0.3, -0.25) is 4.79 Å². The van der Waals surface area contributed by atoms with E-state index in [1.54, 1.807) is 6.07 Å². The van der Waals surface area contributed by atoms with Crippen LogP contribution in [0.2, 0.25) is 0 Å². The predicted octanol–water partition coefficient (Wildman–Crippen LogP) is 4.10. The van der Waals surface area contributed by atoms with Crippen LogP contribution < -0.4 is 9.47 Å². The number of hydrogen-bond donors (Lipinski definition) is 0. The normalized spacial score (nSPS) is 10.2. The van der Waals surface area contributed by atoms with Gasteiger partial charge in [0.25, 0.3) is 0 Å². The number of halogens is 1. The molecule has 0 saturated heterocycles. The summed E-state index contributed by atoms with van der Waals surface area (Å²) < 4.78 is 23.5. The summed E-state index contributed by atoms with van der Waals surface area (Å²) in [6, 6.07) is 1.75. The van der Waals surface area contributed by atoms with Crippen molar-refractivity contribution in [1.29, 1.82) is 0 Å². The molecule has 0 aliphatic carbocycles. The van der Waals surface area contributed by atoms with E-state index in [-0.39, 0.29) is 11.3 Å². The summed E-state index contributed by atoms with van der Waals surface area (Å²) >= 11 is 0. The zero-order chi connectivity index (χ0) is 15.0. The van der Waals surface area contributed by atoms with Crippen LogP contribution in [0, 0.1) is 0 Å². The van der Waals surface area contributed by atoms with Crippen LogP contribution in [-0.2, 0) is 6.42 Å². The van der Waals surface area contributed by atoms with Crippen molar-refractivity contribution < 1.29 is 18.7 Å². The Bertz CT molecular complexity index is 469. The molecular formula is C16H21FO3. The Hall–Kier alpha value is -1.84. The van der Waals surface area contributed by atoms with Gasteiger partial charge in [-0.1, -0.05) is 12.5 Å². The molecule has 20 heavy (non-hydrogen) atoms. The molecule has 0 aliphatic heterocycles. The standard InChI is InChI=1S/C16H21FO3/c1-4-5-6-7-8-9-12-10-13(19-2)11-14(20-3)15(12)16(17)18/h4,10-11H,1,5-9H2,2-3H3. The van der Waals surface area contributed by atoms with Gasteiger partial charge in [-0.15, -0.1) is 6.58 Å². The van der Waals surface area contributed by atoms with Crippen LogP contribution in [0.5, 0.6) is 11.5 Å². The van der Waals surface area contributed by atoms with Crippen molar-refractivity contribution in [2.45, 2.75) is 32.1 Å². The van der Waals surface area contributed by atoms with E-state index in [2.05, 4.69) is 6.58 Å². The predicted molar refractivity (Wildman–Crippen MR) is 77.4 cm³/mol. The molecule has 0 aromatic heterocycles. The third-order valence-corrected chi connectivity index (χ3v) is 3.16. The van der Waals surface area contributed by atoms with Crippen LogP contribution in [0.15, 0.2) is 24.8 Å². The molecule has 0 saturated carbocycles. The van der Waals surface area contributed by atoms with Gasteiger partial charge in [0.15, 0.2) is 0 Å². The fourth-order valence-electron chi connectivity index (χ4n) is 2.13. The van der Waals surface area contributed by atoms with E-state index >= 15 is 0 Å². The molecule has 0 N–H and O–H groups in total. The van der Waals surface area contributed by atoms with Gasteiger partial charge >= 0.3 is 6.04 Å². The molecule has 1 rings (SSSR count). The molecule has 0 fully saturated rings. The first-order valence-corrected chi connectivity index (χ1v) is 6.69. The fraction of sp³-hybridized carbons (Fsp3) is 0.438. The molecular weight excluding hydrogens is 259 g/mol. The number of benzene rings is 1. The second-order valence-electron chi connectivity index (χ2n) is 4.53.